The van der Waals surface area contributed by atoms with Crippen molar-refractivity contribution in [2.45, 2.75) is 43.9 Å². The smallest absolute Gasteiger partial charge is 0.368 e. The highest BCUT2D eigenvalue weighted by atomic mass is 19.4. The van der Waals surface area contributed by atoms with Crippen LogP contribution in [0.25, 0.3) is 0 Å². The Labute approximate surface area is 213 Å². The minimum absolute atomic E-state index is 0.0854. The first-order chi connectivity index (χ1) is 17.7. The SMILES string of the molecule is NC(=O)[C@@H](NC(=O)[C@H]1CCCC[C@@H]1N1CCN(C(=O)c2ccccc2C(F)(F)F)CC1)c1ccccc1. The van der Waals surface area contributed by atoms with Gasteiger partial charge < -0.3 is 16.0 Å². The lowest BCUT2D eigenvalue weighted by Gasteiger charge is -2.44. The maximum atomic E-state index is 13.4. The summed E-state index contributed by atoms with van der Waals surface area (Å²) >= 11 is 0. The van der Waals surface area contributed by atoms with Gasteiger partial charge in [-0.05, 0) is 30.5 Å². The van der Waals surface area contributed by atoms with Crippen molar-refractivity contribution in [3.63, 3.8) is 0 Å². The molecule has 1 heterocycles. The molecular weight excluding hydrogens is 485 g/mol. The lowest BCUT2D eigenvalue weighted by Crippen LogP contribution is -2.56. The number of halogens is 3. The molecule has 1 aliphatic carbocycles. The standard InChI is InChI=1S/C27H31F3N4O3/c28-27(29,30)21-12-6-4-10-19(21)26(37)34-16-14-33(15-17-34)22-13-7-5-11-20(22)25(36)32-23(24(31)35)18-8-2-1-3-9-18/h1-4,6,8-10,12,20,22-23H,5,7,11,13-17H2,(H2,31,35)(H,32,36)/t20-,22-,23-/m0/s1. The second kappa shape index (κ2) is 11.3. The van der Waals surface area contributed by atoms with Gasteiger partial charge in [-0.2, -0.15) is 13.2 Å². The summed E-state index contributed by atoms with van der Waals surface area (Å²) in [6, 6.07) is 12.6. The minimum atomic E-state index is -4.61. The molecule has 7 nitrogen and oxygen atoms in total. The normalized spacial score (nSPS) is 21.8. The number of carbonyl (C=O) groups is 3. The number of carbonyl (C=O) groups excluding carboxylic acids is 3. The van der Waals surface area contributed by atoms with Gasteiger partial charge in [0.05, 0.1) is 17.0 Å². The van der Waals surface area contributed by atoms with Crippen molar-refractivity contribution < 1.29 is 27.6 Å². The van der Waals surface area contributed by atoms with Gasteiger partial charge in [-0.1, -0.05) is 55.3 Å². The van der Waals surface area contributed by atoms with E-state index in [0.717, 1.165) is 25.3 Å². The zero-order valence-corrected chi connectivity index (χ0v) is 20.4. The first kappa shape index (κ1) is 26.7. The highest BCUT2D eigenvalue weighted by molar-refractivity contribution is 5.96. The molecule has 37 heavy (non-hydrogen) atoms. The average Bonchev–Trinajstić information content (AvgIpc) is 2.91. The first-order valence-electron chi connectivity index (χ1n) is 12.5. The molecule has 0 radical (unpaired) electrons. The zero-order chi connectivity index (χ0) is 26.6. The van der Waals surface area contributed by atoms with E-state index in [4.69, 9.17) is 5.73 Å². The van der Waals surface area contributed by atoms with Crippen LogP contribution in [0.2, 0.25) is 0 Å². The number of nitrogens with one attached hydrogen (secondary N) is 1. The number of nitrogens with two attached hydrogens (primary N) is 1. The number of hydrogen-bond acceptors (Lipinski definition) is 4. The third-order valence-electron chi connectivity index (χ3n) is 7.30. The molecule has 2 fully saturated rings. The summed E-state index contributed by atoms with van der Waals surface area (Å²) in [6.45, 7) is 1.44. The Kier molecular flexibility index (Phi) is 8.16. The predicted octanol–water partition coefficient (Wildman–Crippen LogP) is 3.36. The van der Waals surface area contributed by atoms with E-state index < -0.39 is 29.6 Å². The molecule has 2 aliphatic rings. The van der Waals surface area contributed by atoms with Gasteiger partial charge in [0, 0.05) is 32.2 Å². The van der Waals surface area contributed by atoms with Crippen LogP contribution < -0.4 is 11.1 Å². The van der Waals surface area contributed by atoms with Gasteiger partial charge >= 0.3 is 6.18 Å². The molecule has 1 aliphatic heterocycles. The van der Waals surface area contributed by atoms with Gasteiger partial charge in [0.15, 0.2) is 0 Å². The molecule has 1 saturated heterocycles. The van der Waals surface area contributed by atoms with Crippen LogP contribution in [0.3, 0.4) is 0 Å². The van der Waals surface area contributed by atoms with Crippen LogP contribution in [0.15, 0.2) is 54.6 Å². The molecule has 0 aromatic heterocycles. The second-order valence-corrected chi connectivity index (χ2v) is 9.58. The van der Waals surface area contributed by atoms with E-state index in [0.29, 0.717) is 25.1 Å². The maximum absolute atomic E-state index is 13.4. The molecule has 4 rings (SSSR count). The van der Waals surface area contributed by atoms with Gasteiger partial charge in [0.1, 0.15) is 6.04 Å². The molecule has 0 unspecified atom stereocenters. The zero-order valence-electron chi connectivity index (χ0n) is 20.4. The number of rotatable bonds is 6. The summed E-state index contributed by atoms with van der Waals surface area (Å²) in [5, 5.41) is 2.83. The molecule has 10 heteroatoms. The van der Waals surface area contributed by atoms with Crippen molar-refractivity contribution in [3.05, 3.63) is 71.3 Å². The van der Waals surface area contributed by atoms with Crippen LogP contribution in [0.1, 0.15) is 53.2 Å². The predicted molar refractivity (Wildman–Crippen MR) is 131 cm³/mol. The van der Waals surface area contributed by atoms with E-state index in [1.165, 1.54) is 23.1 Å². The highest BCUT2D eigenvalue weighted by Crippen LogP contribution is 2.33. The second-order valence-electron chi connectivity index (χ2n) is 9.58. The number of nitrogens with zero attached hydrogens (tertiary/aromatic N) is 2. The molecule has 2 aromatic carbocycles. The molecule has 3 atom stereocenters. The highest BCUT2D eigenvalue weighted by Gasteiger charge is 2.39. The van der Waals surface area contributed by atoms with Crippen LogP contribution in [0.4, 0.5) is 13.2 Å². The number of benzene rings is 2. The van der Waals surface area contributed by atoms with E-state index in [1.807, 2.05) is 6.07 Å². The topological polar surface area (TPSA) is 95.7 Å². The lowest BCUT2D eigenvalue weighted by atomic mass is 9.82. The van der Waals surface area contributed by atoms with E-state index in [9.17, 15) is 27.6 Å². The Morgan fingerprint density at radius 1 is 0.892 bits per heavy atom. The Morgan fingerprint density at radius 2 is 1.51 bits per heavy atom. The number of piperazine rings is 1. The third-order valence-corrected chi connectivity index (χ3v) is 7.30. The van der Waals surface area contributed by atoms with Gasteiger partial charge in [0.2, 0.25) is 11.8 Å². The van der Waals surface area contributed by atoms with Crippen LogP contribution in [0, 0.1) is 5.92 Å². The van der Waals surface area contributed by atoms with Gasteiger partial charge in [-0.3, -0.25) is 19.3 Å². The quantitative estimate of drug-likeness (QED) is 0.616. The number of alkyl halides is 3. The fourth-order valence-corrected chi connectivity index (χ4v) is 5.41. The molecule has 0 bridgehead atoms. The Morgan fingerprint density at radius 3 is 2.16 bits per heavy atom. The largest absolute Gasteiger partial charge is 0.417 e. The summed E-state index contributed by atoms with van der Waals surface area (Å²) in [6.07, 6.45) is -1.33. The lowest BCUT2D eigenvalue weighted by molar-refractivity contribution is -0.138. The van der Waals surface area contributed by atoms with Gasteiger partial charge in [-0.15, -0.1) is 0 Å². The fourth-order valence-electron chi connectivity index (χ4n) is 5.41. The number of hydrogen-bond donors (Lipinski definition) is 2. The monoisotopic (exact) mass is 516 g/mol. The maximum Gasteiger partial charge on any atom is 0.417 e. The Bertz CT molecular complexity index is 1120. The third kappa shape index (κ3) is 6.12. The summed E-state index contributed by atoms with van der Waals surface area (Å²) in [5.41, 5.74) is 4.91. The van der Waals surface area contributed by atoms with E-state index in [2.05, 4.69) is 10.2 Å². The summed E-state index contributed by atoms with van der Waals surface area (Å²) < 4.78 is 40.2. The molecule has 2 aromatic rings. The molecule has 198 valence electrons. The fraction of sp³-hybridized carbons (Fsp3) is 0.444. The molecule has 1 saturated carbocycles. The molecule has 3 N–H and O–H groups in total. The van der Waals surface area contributed by atoms with Crippen LogP contribution in [0.5, 0.6) is 0 Å². The number of primary amides is 1. The van der Waals surface area contributed by atoms with Gasteiger partial charge in [-0.25, -0.2) is 0 Å². The van der Waals surface area contributed by atoms with Crippen molar-refractivity contribution >= 4 is 17.7 Å². The van der Waals surface area contributed by atoms with Crippen molar-refractivity contribution in [2.24, 2.45) is 11.7 Å². The summed E-state index contributed by atoms with van der Waals surface area (Å²) in [4.78, 5) is 41.9. The van der Waals surface area contributed by atoms with Gasteiger partial charge in [0.25, 0.3) is 5.91 Å². The molecule has 3 amide bonds. The molecular formula is C27H31F3N4O3. The van der Waals surface area contributed by atoms with E-state index in [-0.39, 0.29) is 36.5 Å². The van der Waals surface area contributed by atoms with E-state index in [1.54, 1.807) is 24.3 Å². The minimum Gasteiger partial charge on any atom is -0.368 e. The number of amides is 3. The van der Waals surface area contributed by atoms with Crippen molar-refractivity contribution in [2.75, 3.05) is 26.2 Å². The summed E-state index contributed by atoms with van der Waals surface area (Å²) in [7, 11) is 0. The van der Waals surface area contributed by atoms with Crippen LogP contribution in [-0.2, 0) is 15.8 Å². The summed E-state index contributed by atoms with van der Waals surface area (Å²) in [5.74, 6) is -1.88. The van der Waals surface area contributed by atoms with E-state index >= 15 is 0 Å². The first-order valence-corrected chi connectivity index (χ1v) is 12.5. The van der Waals surface area contributed by atoms with Crippen molar-refractivity contribution in [3.8, 4) is 0 Å². The van der Waals surface area contributed by atoms with Crippen LogP contribution in [-0.4, -0.2) is 59.7 Å². The van der Waals surface area contributed by atoms with Crippen molar-refractivity contribution in [1.82, 2.24) is 15.1 Å². The Hall–Kier alpha value is -3.40. The molecule has 0 spiro atoms. The van der Waals surface area contributed by atoms with Crippen LogP contribution >= 0.6 is 0 Å². The average molecular weight is 517 g/mol. The van der Waals surface area contributed by atoms with Crippen molar-refractivity contribution in [1.29, 1.82) is 0 Å². The Balaban J connectivity index is 1.42.